The Kier molecular flexibility index (Phi) is 3.47. The fourth-order valence-electron chi connectivity index (χ4n) is 3.55. The summed E-state index contributed by atoms with van der Waals surface area (Å²) in [7, 11) is 0. The van der Waals surface area contributed by atoms with Gasteiger partial charge >= 0.3 is 0 Å². The molecule has 2 heterocycles. The molecule has 0 N–H and O–H groups in total. The van der Waals surface area contributed by atoms with E-state index >= 15 is 0 Å². The van der Waals surface area contributed by atoms with Crippen molar-refractivity contribution in [1.82, 2.24) is 4.57 Å². The van der Waals surface area contributed by atoms with E-state index in [1.165, 1.54) is 33.1 Å². The lowest BCUT2D eigenvalue weighted by Gasteiger charge is -2.08. The minimum Gasteiger partial charge on any atom is -0.309 e. The number of hydrogen-bond acceptors (Lipinski definition) is 2. The molecule has 0 atom stereocenters. The third-order valence-electron chi connectivity index (χ3n) is 4.73. The zero-order chi connectivity index (χ0) is 17.5. The molecular formula is C23H15NOS. The van der Waals surface area contributed by atoms with Crippen LogP contribution in [0.15, 0.2) is 84.9 Å². The van der Waals surface area contributed by atoms with E-state index in [0.717, 1.165) is 27.3 Å². The van der Waals surface area contributed by atoms with Gasteiger partial charge in [0.25, 0.3) is 0 Å². The summed E-state index contributed by atoms with van der Waals surface area (Å²) >= 11 is 1.52. The monoisotopic (exact) mass is 353 g/mol. The summed E-state index contributed by atoms with van der Waals surface area (Å²) in [5.41, 5.74) is 4.69. The lowest BCUT2D eigenvalue weighted by atomic mass is 10.1. The number of nitrogens with zero attached hydrogens (tertiary/aromatic N) is 1. The standard InChI is InChI=1S/C23H15NOS/c25-15-18-13-14-23(26-18)16-9-11-17(12-10-16)24-21-7-3-1-5-19(21)20-6-2-4-8-22(20)24/h1-15H. The number of fused-ring (bicyclic) bond motifs is 3. The second-order valence-corrected chi connectivity index (χ2v) is 7.35. The van der Waals surface area contributed by atoms with Gasteiger partial charge in [-0.3, -0.25) is 4.79 Å². The second kappa shape index (κ2) is 5.97. The van der Waals surface area contributed by atoms with Crippen molar-refractivity contribution < 1.29 is 4.79 Å². The number of para-hydroxylation sites is 2. The Hall–Kier alpha value is -3.17. The first-order valence-corrected chi connectivity index (χ1v) is 9.31. The number of aldehydes is 1. The van der Waals surface area contributed by atoms with E-state index in [1.807, 2.05) is 12.1 Å². The number of rotatable bonds is 3. The maximum Gasteiger partial charge on any atom is 0.160 e. The van der Waals surface area contributed by atoms with Crippen LogP contribution in [-0.4, -0.2) is 10.9 Å². The molecule has 0 aliphatic carbocycles. The fraction of sp³-hybridized carbons (Fsp3) is 0. The molecule has 0 aliphatic heterocycles. The molecule has 0 aliphatic rings. The molecule has 0 spiro atoms. The molecule has 0 unspecified atom stereocenters. The van der Waals surface area contributed by atoms with Crippen LogP contribution in [0.1, 0.15) is 9.67 Å². The van der Waals surface area contributed by atoms with Gasteiger partial charge in [0.2, 0.25) is 0 Å². The molecule has 3 heteroatoms. The van der Waals surface area contributed by atoms with E-state index in [0.29, 0.717) is 0 Å². The molecule has 2 aromatic heterocycles. The van der Waals surface area contributed by atoms with Gasteiger partial charge in [-0.25, -0.2) is 0 Å². The van der Waals surface area contributed by atoms with Crippen LogP contribution >= 0.6 is 11.3 Å². The molecule has 0 saturated heterocycles. The predicted octanol–water partition coefficient (Wildman–Crippen LogP) is 6.32. The molecule has 5 aromatic rings. The Morgan fingerprint density at radius 3 is 1.88 bits per heavy atom. The van der Waals surface area contributed by atoms with Crippen LogP contribution in [0.4, 0.5) is 0 Å². The highest BCUT2D eigenvalue weighted by Crippen LogP contribution is 2.33. The molecule has 2 nitrogen and oxygen atoms in total. The van der Waals surface area contributed by atoms with Gasteiger partial charge in [-0.2, -0.15) is 0 Å². The summed E-state index contributed by atoms with van der Waals surface area (Å²) in [4.78, 5) is 12.8. The lowest BCUT2D eigenvalue weighted by Crippen LogP contribution is -1.93. The fourth-order valence-corrected chi connectivity index (χ4v) is 4.37. The normalized spacial score (nSPS) is 11.2. The van der Waals surface area contributed by atoms with Crippen molar-refractivity contribution in [3.05, 3.63) is 89.8 Å². The molecule has 3 aromatic carbocycles. The van der Waals surface area contributed by atoms with Crippen molar-refractivity contribution in [2.45, 2.75) is 0 Å². The molecular weight excluding hydrogens is 338 g/mol. The highest BCUT2D eigenvalue weighted by Gasteiger charge is 2.11. The van der Waals surface area contributed by atoms with Gasteiger partial charge in [0.05, 0.1) is 15.9 Å². The Morgan fingerprint density at radius 2 is 1.31 bits per heavy atom. The SMILES string of the molecule is O=Cc1ccc(-c2ccc(-n3c4ccccc4c4ccccc43)cc2)s1. The van der Waals surface area contributed by atoms with Crippen molar-refractivity contribution in [2.24, 2.45) is 0 Å². The highest BCUT2D eigenvalue weighted by molar-refractivity contribution is 7.17. The molecule has 0 radical (unpaired) electrons. The highest BCUT2D eigenvalue weighted by atomic mass is 32.1. The van der Waals surface area contributed by atoms with E-state index in [4.69, 9.17) is 0 Å². The van der Waals surface area contributed by atoms with Crippen LogP contribution in [0.25, 0.3) is 37.9 Å². The van der Waals surface area contributed by atoms with Crippen molar-refractivity contribution in [1.29, 1.82) is 0 Å². The molecule has 124 valence electrons. The smallest absolute Gasteiger partial charge is 0.160 e. The van der Waals surface area contributed by atoms with Crippen LogP contribution in [0, 0.1) is 0 Å². The largest absolute Gasteiger partial charge is 0.309 e. The summed E-state index contributed by atoms with van der Waals surface area (Å²) in [6.45, 7) is 0. The van der Waals surface area contributed by atoms with Crippen LogP contribution in [0.5, 0.6) is 0 Å². The maximum absolute atomic E-state index is 10.9. The van der Waals surface area contributed by atoms with Crippen molar-refractivity contribution >= 4 is 39.4 Å². The van der Waals surface area contributed by atoms with Crippen LogP contribution in [0.3, 0.4) is 0 Å². The maximum atomic E-state index is 10.9. The first-order chi connectivity index (χ1) is 12.8. The average Bonchev–Trinajstić information content (AvgIpc) is 3.31. The molecule has 0 fully saturated rings. The zero-order valence-electron chi connectivity index (χ0n) is 13.9. The summed E-state index contributed by atoms with van der Waals surface area (Å²) in [5.74, 6) is 0. The van der Waals surface area contributed by atoms with E-state index in [-0.39, 0.29) is 0 Å². The summed E-state index contributed by atoms with van der Waals surface area (Å²) < 4.78 is 2.31. The average molecular weight is 353 g/mol. The minimum atomic E-state index is 0.756. The third kappa shape index (κ3) is 2.29. The number of benzene rings is 3. The van der Waals surface area contributed by atoms with Crippen molar-refractivity contribution in [3.8, 4) is 16.1 Å². The lowest BCUT2D eigenvalue weighted by molar-refractivity contribution is 0.112. The second-order valence-electron chi connectivity index (χ2n) is 6.24. The van der Waals surface area contributed by atoms with E-state index in [9.17, 15) is 4.79 Å². The molecule has 0 amide bonds. The van der Waals surface area contributed by atoms with Crippen molar-refractivity contribution in [2.75, 3.05) is 0 Å². The van der Waals surface area contributed by atoms with Gasteiger partial charge in [0.1, 0.15) is 0 Å². The zero-order valence-corrected chi connectivity index (χ0v) is 14.7. The summed E-state index contributed by atoms with van der Waals surface area (Å²) in [5, 5.41) is 2.53. The number of carbonyl (C=O) groups is 1. The van der Waals surface area contributed by atoms with Gasteiger partial charge in [0, 0.05) is 21.3 Å². The Bertz CT molecular complexity index is 1190. The Labute approximate surface area is 154 Å². The topological polar surface area (TPSA) is 22.0 Å². The quantitative estimate of drug-likeness (QED) is 0.348. The van der Waals surface area contributed by atoms with Gasteiger partial charge in [-0.05, 0) is 42.0 Å². The van der Waals surface area contributed by atoms with Gasteiger partial charge < -0.3 is 4.57 Å². The first kappa shape index (κ1) is 15.1. The van der Waals surface area contributed by atoms with Gasteiger partial charge in [0.15, 0.2) is 6.29 Å². The van der Waals surface area contributed by atoms with Gasteiger partial charge in [-0.15, -0.1) is 11.3 Å². The van der Waals surface area contributed by atoms with Crippen LogP contribution in [0.2, 0.25) is 0 Å². The van der Waals surface area contributed by atoms with E-state index < -0.39 is 0 Å². The molecule has 5 rings (SSSR count). The van der Waals surface area contributed by atoms with Crippen LogP contribution in [-0.2, 0) is 0 Å². The molecule has 26 heavy (non-hydrogen) atoms. The van der Waals surface area contributed by atoms with E-state index in [1.54, 1.807) is 0 Å². The first-order valence-electron chi connectivity index (χ1n) is 8.49. The molecule has 0 saturated carbocycles. The van der Waals surface area contributed by atoms with E-state index in [2.05, 4.69) is 77.4 Å². The van der Waals surface area contributed by atoms with Crippen molar-refractivity contribution in [3.63, 3.8) is 0 Å². The Balaban J connectivity index is 1.69. The molecule has 0 bridgehead atoms. The van der Waals surface area contributed by atoms with Crippen LogP contribution < -0.4 is 0 Å². The Morgan fingerprint density at radius 1 is 0.692 bits per heavy atom. The number of thiophene rings is 1. The minimum absolute atomic E-state index is 0.756. The number of hydrogen-bond donors (Lipinski definition) is 0. The number of aromatic nitrogens is 1. The number of carbonyl (C=O) groups excluding carboxylic acids is 1. The summed E-state index contributed by atoms with van der Waals surface area (Å²) in [6, 6.07) is 29.4. The third-order valence-corrected chi connectivity index (χ3v) is 5.79. The summed E-state index contributed by atoms with van der Waals surface area (Å²) in [6.07, 6.45) is 0.903. The predicted molar refractivity (Wildman–Crippen MR) is 109 cm³/mol. The van der Waals surface area contributed by atoms with Gasteiger partial charge in [-0.1, -0.05) is 48.5 Å².